The van der Waals surface area contributed by atoms with Crippen molar-refractivity contribution in [2.75, 3.05) is 18.4 Å². The molecule has 0 bridgehead atoms. The van der Waals surface area contributed by atoms with E-state index >= 15 is 0 Å². The summed E-state index contributed by atoms with van der Waals surface area (Å²) in [5.41, 5.74) is 2.49. The highest BCUT2D eigenvalue weighted by Crippen LogP contribution is 2.24. The van der Waals surface area contributed by atoms with Crippen LogP contribution in [0.3, 0.4) is 0 Å². The zero-order chi connectivity index (χ0) is 17.8. The molecule has 4 nitrogen and oxygen atoms in total. The van der Waals surface area contributed by atoms with Gasteiger partial charge in [0.15, 0.2) is 0 Å². The minimum atomic E-state index is -0.0132. The molecular weight excluding hydrogens is 322 g/mol. The predicted octanol–water partition coefficient (Wildman–Crippen LogP) is 4.07. The Morgan fingerprint density at radius 3 is 2.46 bits per heavy atom. The highest BCUT2D eigenvalue weighted by atomic mass is 16.1. The van der Waals surface area contributed by atoms with Crippen LogP contribution in [0.2, 0.25) is 0 Å². The predicted molar refractivity (Wildman–Crippen MR) is 107 cm³/mol. The number of para-hydroxylation sites is 1. The van der Waals surface area contributed by atoms with Crippen molar-refractivity contribution in [3.8, 4) is 0 Å². The zero-order valence-corrected chi connectivity index (χ0v) is 14.7. The van der Waals surface area contributed by atoms with Crippen molar-refractivity contribution in [3.05, 3.63) is 72.3 Å². The summed E-state index contributed by atoms with van der Waals surface area (Å²) < 4.78 is 0. The maximum atomic E-state index is 12.8. The summed E-state index contributed by atoms with van der Waals surface area (Å²) in [6, 6.07) is 22.4. The van der Waals surface area contributed by atoms with Crippen LogP contribution in [0.15, 0.2) is 66.7 Å². The molecule has 0 spiro atoms. The summed E-state index contributed by atoms with van der Waals surface area (Å²) in [5, 5.41) is 12.3. The number of nitrogens with one attached hydrogen (secondary N) is 3. The van der Waals surface area contributed by atoms with Crippen LogP contribution in [-0.2, 0) is 0 Å². The summed E-state index contributed by atoms with van der Waals surface area (Å²) >= 11 is 0. The van der Waals surface area contributed by atoms with Crippen molar-refractivity contribution in [3.63, 3.8) is 0 Å². The van der Waals surface area contributed by atoms with Crippen LogP contribution in [0.1, 0.15) is 23.2 Å². The molecule has 1 amide bonds. The lowest BCUT2D eigenvalue weighted by Gasteiger charge is -2.24. The van der Waals surface area contributed by atoms with E-state index < -0.39 is 0 Å². The molecule has 0 atom stereocenters. The molecule has 1 heterocycles. The number of benzene rings is 3. The van der Waals surface area contributed by atoms with Gasteiger partial charge in [-0.15, -0.1) is 0 Å². The second-order valence-corrected chi connectivity index (χ2v) is 6.73. The first-order chi connectivity index (χ1) is 12.8. The minimum Gasteiger partial charge on any atom is -0.355 e. The van der Waals surface area contributed by atoms with E-state index in [9.17, 15) is 4.79 Å². The third-order valence-electron chi connectivity index (χ3n) is 4.87. The number of piperidine rings is 1. The van der Waals surface area contributed by atoms with E-state index in [0.29, 0.717) is 5.56 Å². The highest BCUT2D eigenvalue weighted by molar-refractivity contribution is 6.00. The first-order valence-electron chi connectivity index (χ1n) is 9.16. The van der Waals surface area contributed by atoms with Crippen LogP contribution in [-0.4, -0.2) is 25.0 Å². The third-order valence-corrected chi connectivity index (χ3v) is 4.87. The van der Waals surface area contributed by atoms with Gasteiger partial charge in [0.25, 0.3) is 5.91 Å². The molecule has 26 heavy (non-hydrogen) atoms. The lowest BCUT2D eigenvalue weighted by atomic mass is 10.1. The topological polar surface area (TPSA) is 53.2 Å². The van der Waals surface area contributed by atoms with Crippen molar-refractivity contribution in [2.24, 2.45) is 0 Å². The molecule has 1 saturated heterocycles. The van der Waals surface area contributed by atoms with E-state index in [1.54, 1.807) is 0 Å². The molecule has 3 N–H and O–H groups in total. The molecule has 0 aromatic heterocycles. The number of fused-ring (bicyclic) bond motifs is 1. The first kappa shape index (κ1) is 16.6. The van der Waals surface area contributed by atoms with Gasteiger partial charge < -0.3 is 16.0 Å². The Labute approximate surface area is 153 Å². The van der Waals surface area contributed by atoms with Crippen molar-refractivity contribution in [1.82, 2.24) is 10.6 Å². The van der Waals surface area contributed by atoms with Crippen LogP contribution >= 0.6 is 0 Å². The van der Waals surface area contributed by atoms with Crippen molar-refractivity contribution < 1.29 is 4.79 Å². The lowest BCUT2D eigenvalue weighted by molar-refractivity contribution is 0.0930. The summed E-state index contributed by atoms with van der Waals surface area (Å²) in [4.78, 5) is 12.8. The van der Waals surface area contributed by atoms with Gasteiger partial charge in [0.05, 0.1) is 11.3 Å². The summed E-state index contributed by atoms with van der Waals surface area (Å²) in [7, 11) is 0. The zero-order valence-electron chi connectivity index (χ0n) is 14.7. The van der Waals surface area contributed by atoms with Gasteiger partial charge in [-0.1, -0.05) is 42.5 Å². The SMILES string of the molecule is O=C(NC1CCNCC1)c1ccccc1Nc1ccc2ccccc2c1. The van der Waals surface area contributed by atoms with Gasteiger partial charge in [0.2, 0.25) is 0 Å². The van der Waals surface area contributed by atoms with Gasteiger partial charge in [-0.05, 0) is 61.0 Å². The van der Waals surface area contributed by atoms with Crippen LogP contribution < -0.4 is 16.0 Å². The Morgan fingerprint density at radius 2 is 1.62 bits per heavy atom. The van der Waals surface area contributed by atoms with Gasteiger partial charge in [-0.2, -0.15) is 0 Å². The van der Waals surface area contributed by atoms with Gasteiger partial charge in [0.1, 0.15) is 0 Å². The molecule has 3 aromatic carbocycles. The molecule has 0 saturated carbocycles. The number of anilines is 2. The summed E-state index contributed by atoms with van der Waals surface area (Å²) in [5.74, 6) is -0.0132. The second-order valence-electron chi connectivity index (χ2n) is 6.73. The maximum absolute atomic E-state index is 12.8. The van der Waals surface area contributed by atoms with Crippen LogP contribution in [0, 0.1) is 0 Å². The van der Waals surface area contributed by atoms with Crippen molar-refractivity contribution >= 4 is 28.1 Å². The number of carbonyl (C=O) groups excluding carboxylic acids is 1. The van der Waals surface area contributed by atoms with Crippen molar-refractivity contribution in [1.29, 1.82) is 0 Å². The van der Waals surface area contributed by atoms with Gasteiger partial charge >= 0.3 is 0 Å². The molecule has 0 aliphatic carbocycles. The molecule has 1 fully saturated rings. The normalized spacial score (nSPS) is 14.9. The molecule has 0 radical (unpaired) electrons. The molecule has 0 unspecified atom stereocenters. The van der Waals surface area contributed by atoms with E-state index in [0.717, 1.165) is 37.3 Å². The van der Waals surface area contributed by atoms with E-state index in [1.807, 2.05) is 42.5 Å². The number of hydrogen-bond acceptors (Lipinski definition) is 3. The molecule has 4 rings (SSSR count). The molecular formula is C22H23N3O. The molecule has 1 aliphatic heterocycles. The van der Waals surface area contributed by atoms with Gasteiger partial charge in [0, 0.05) is 11.7 Å². The van der Waals surface area contributed by atoms with Gasteiger partial charge in [-0.3, -0.25) is 4.79 Å². The minimum absolute atomic E-state index is 0.0132. The van der Waals surface area contributed by atoms with Crippen LogP contribution in [0.5, 0.6) is 0 Å². The summed E-state index contributed by atoms with van der Waals surface area (Å²) in [6.07, 6.45) is 1.96. The molecule has 4 heteroatoms. The Bertz CT molecular complexity index is 916. The standard InChI is InChI=1S/C22H23N3O/c26-22(25-18-11-13-23-14-12-18)20-7-3-4-8-21(20)24-19-10-9-16-5-1-2-6-17(16)15-19/h1-10,15,18,23-24H,11-14H2,(H,25,26). The average molecular weight is 345 g/mol. The number of hydrogen-bond donors (Lipinski definition) is 3. The lowest BCUT2D eigenvalue weighted by Crippen LogP contribution is -2.42. The Kier molecular flexibility index (Phi) is 4.84. The Morgan fingerprint density at radius 1 is 0.885 bits per heavy atom. The first-order valence-corrected chi connectivity index (χ1v) is 9.16. The van der Waals surface area contributed by atoms with E-state index in [2.05, 4.69) is 40.2 Å². The quantitative estimate of drug-likeness (QED) is 0.668. The molecule has 132 valence electrons. The fourth-order valence-electron chi connectivity index (χ4n) is 3.44. The second kappa shape index (κ2) is 7.58. The highest BCUT2D eigenvalue weighted by Gasteiger charge is 2.18. The Balaban J connectivity index is 1.55. The Hall–Kier alpha value is -2.85. The number of amides is 1. The third kappa shape index (κ3) is 3.70. The van der Waals surface area contributed by atoms with E-state index in [-0.39, 0.29) is 11.9 Å². The maximum Gasteiger partial charge on any atom is 0.253 e. The number of carbonyl (C=O) groups is 1. The fourth-order valence-corrected chi connectivity index (χ4v) is 3.44. The van der Waals surface area contributed by atoms with Crippen molar-refractivity contribution in [2.45, 2.75) is 18.9 Å². The summed E-state index contributed by atoms with van der Waals surface area (Å²) in [6.45, 7) is 1.92. The monoisotopic (exact) mass is 345 g/mol. The average Bonchev–Trinajstić information content (AvgIpc) is 2.69. The number of rotatable bonds is 4. The van der Waals surface area contributed by atoms with E-state index in [4.69, 9.17) is 0 Å². The van der Waals surface area contributed by atoms with Crippen LogP contribution in [0.25, 0.3) is 10.8 Å². The largest absolute Gasteiger partial charge is 0.355 e. The van der Waals surface area contributed by atoms with Gasteiger partial charge in [-0.25, -0.2) is 0 Å². The van der Waals surface area contributed by atoms with E-state index in [1.165, 1.54) is 10.8 Å². The molecule has 3 aromatic rings. The fraction of sp³-hybridized carbons (Fsp3) is 0.227. The smallest absolute Gasteiger partial charge is 0.253 e. The molecule has 1 aliphatic rings. The van der Waals surface area contributed by atoms with Crippen LogP contribution in [0.4, 0.5) is 11.4 Å².